The highest BCUT2D eigenvalue weighted by atomic mass is 32.2. The zero-order valence-electron chi connectivity index (χ0n) is 17.8. The van der Waals surface area contributed by atoms with Crippen LogP contribution in [0.3, 0.4) is 0 Å². The number of nitrogens with zero attached hydrogens (tertiary/aromatic N) is 3. The monoisotopic (exact) mass is 473 g/mol. The Hall–Kier alpha value is -2.20. The Morgan fingerprint density at radius 3 is 2.81 bits per heavy atom. The molecule has 0 bridgehead atoms. The summed E-state index contributed by atoms with van der Waals surface area (Å²) in [4.78, 5) is 32.4. The molecule has 0 saturated heterocycles. The van der Waals surface area contributed by atoms with Crippen LogP contribution in [-0.4, -0.2) is 39.4 Å². The largest absolute Gasteiger partial charge is 0.383 e. The molecule has 0 N–H and O–H groups in total. The number of aromatic nitrogens is 3. The van der Waals surface area contributed by atoms with E-state index < -0.39 is 0 Å². The Balaban J connectivity index is 1.58. The Kier molecular flexibility index (Phi) is 6.47. The summed E-state index contributed by atoms with van der Waals surface area (Å²) in [5, 5.41) is 5.18. The van der Waals surface area contributed by atoms with E-state index in [0.717, 1.165) is 21.8 Å². The van der Waals surface area contributed by atoms with Crippen LogP contribution < -0.4 is 5.56 Å². The first-order valence-corrected chi connectivity index (χ1v) is 12.5. The van der Waals surface area contributed by atoms with E-state index in [1.807, 2.05) is 42.8 Å². The fourth-order valence-electron chi connectivity index (χ4n) is 3.61. The molecule has 0 aliphatic rings. The van der Waals surface area contributed by atoms with Gasteiger partial charge >= 0.3 is 0 Å². The van der Waals surface area contributed by atoms with Gasteiger partial charge in [-0.1, -0.05) is 17.8 Å². The van der Waals surface area contributed by atoms with E-state index in [1.165, 1.54) is 23.1 Å². The maximum atomic E-state index is 13.1. The maximum absolute atomic E-state index is 13.1. The van der Waals surface area contributed by atoms with Crippen molar-refractivity contribution >= 4 is 50.4 Å². The molecule has 0 amide bonds. The molecule has 0 radical (unpaired) electrons. The number of carbonyl (C=O) groups is 1. The molecule has 0 saturated carbocycles. The van der Waals surface area contributed by atoms with Gasteiger partial charge in [-0.2, -0.15) is 0 Å². The van der Waals surface area contributed by atoms with Crippen LogP contribution in [0.1, 0.15) is 21.7 Å². The number of carbonyl (C=O) groups excluding carboxylic acids is 1. The highest BCUT2D eigenvalue weighted by Gasteiger charge is 2.19. The number of ether oxygens (including phenoxy) is 1. The topological polar surface area (TPSA) is 66.1 Å². The third kappa shape index (κ3) is 4.15. The van der Waals surface area contributed by atoms with E-state index in [9.17, 15) is 9.59 Å². The second kappa shape index (κ2) is 9.12. The number of aryl methyl sites for hydroxylation is 1. The number of thiophene rings is 2. The average Bonchev–Trinajstić information content (AvgIpc) is 3.48. The quantitative estimate of drug-likeness (QED) is 0.210. The number of hydrogen-bond donors (Lipinski definition) is 0. The molecular formula is C22H23N3O3S3. The van der Waals surface area contributed by atoms with Gasteiger partial charge in [-0.25, -0.2) is 4.98 Å². The Labute approximate surface area is 192 Å². The maximum Gasteiger partial charge on any atom is 0.263 e. The summed E-state index contributed by atoms with van der Waals surface area (Å²) in [7, 11) is 3.38. The molecule has 4 rings (SSSR count). The number of methoxy groups -OCH3 is 1. The van der Waals surface area contributed by atoms with E-state index in [-0.39, 0.29) is 17.1 Å². The fourth-order valence-corrected chi connectivity index (χ4v) is 6.27. The smallest absolute Gasteiger partial charge is 0.263 e. The standard InChI is InChI=1S/C22H23N3O3S3/c1-13-10-15(14(2)25(13)7-8-28-4)17(26)12-31-22-23-20-19(21(27)24(22)3)16(11-30-20)18-6-5-9-29-18/h5-6,9-11H,7-8,12H2,1-4H3. The summed E-state index contributed by atoms with van der Waals surface area (Å²) >= 11 is 4.38. The van der Waals surface area contributed by atoms with Crippen LogP contribution in [0.25, 0.3) is 20.7 Å². The molecule has 6 nitrogen and oxygen atoms in total. The van der Waals surface area contributed by atoms with Gasteiger partial charge in [0.15, 0.2) is 10.9 Å². The van der Waals surface area contributed by atoms with Gasteiger partial charge in [0, 0.05) is 53.5 Å². The highest BCUT2D eigenvalue weighted by Crippen LogP contribution is 2.34. The lowest BCUT2D eigenvalue weighted by Crippen LogP contribution is -2.20. The van der Waals surface area contributed by atoms with Gasteiger partial charge < -0.3 is 9.30 Å². The van der Waals surface area contributed by atoms with Crippen LogP contribution in [0, 0.1) is 13.8 Å². The number of thioether (sulfide) groups is 1. The van der Waals surface area contributed by atoms with Crippen molar-refractivity contribution in [3.63, 3.8) is 0 Å². The van der Waals surface area contributed by atoms with E-state index in [1.54, 1.807) is 30.1 Å². The minimum Gasteiger partial charge on any atom is -0.383 e. The molecule has 0 aliphatic carbocycles. The molecule has 162 valence electrons. The lowest BCUT2D eigenvalue weighted by atomic mass is 10.2. The normalized spacial score (nSPS) is 11.5. The van der Waals surface area contributed by atoms with Crippen LogP contribution in [0.2, 0.25) is 0 Å². The van der Waals surface area contributed by atoms with Crippen LogP contribution in [-0.2, 0) is 18.3 Å². The van der Waals surface area contributed by atoms with Crippen molar-refractivity contribution in [1.82, 2.24) is 14.1 Å². The second-order valence-electron chi connectivity index (χ2n) is 7.21. The first-order chi connectivity index (χ1) is 14.9. The SMILES string of the molecule is COCCn1c(C)cc(C(=O)CSc2nc3scc(-c4cccs4)c3c(=O)n2C)c1C. The van der Waals surface area contributed by atoms with Gasteiger partial charge in [0.05, 0.1) is 17.7 Å². The van der Waals surface area contributed by atoms with Gasteiger partial charge in [0.2, 0.25) is 0 Å². The van der Waals surface area contributed by atoms with Crippen molar-refractivity contribution in [2.24, 2.45) is 7.05 Å². The van der Waals surface area contributed by atoms with E-state index in [2.05, 4.69) is 4.57 Å². The van der Waals surface area contributed by atoms with Crippen molar-refractivity contribution in [3.8, 4) is 10.4 Å². The molecule has 9 heteroatoms. The predicted molar refractivity (Wildman–Crippen MR) is 129 cm³/mol. The van der Waals surface area contributed by atoms with Gasteiger partial charge in [0.1, 0.15) is 4.83 Å². The summed E-state index contributed by atoms with van der Waals surface area (Å²) in [5.41, 5.74) is 3.54. The van der Waals surface area contributed by atoms with Gasteiger partial charge in [-0.05, 0) is 31.4 Å². The van der Waals surface area contributed by atoms with E-state index >= 15 is 0 Å². The van der Waals surface area contributed by atoms with E-state index in [0.29, 0.717) is 34.1 Å². The summed E-state index contributed by atoms with van der Waals surface area (Å²) in [6.07, 6.45) is 0. The molecular weight excluding hydrogens is 450 g/mol. The molecule has 0 unspecified atom stereocenters. The minimum atomic E-state index is -0.0812. The number of ketones is 1. The van der Waals surface area contributed by atoms with Crippen molar-refractivity contribution < 1.29 is 9.53 Å². The van der Waals surface area contributed by atoms with Crippen molar-refractivity contribution in [2.45, 2.75) is 25.5 Å². The average molecular weight is 474 g/mol. The lowest BCUT2D eigenvalue weighted by molar-refractivity contribution is 0.102. The van der Waals surface area contributed by atoms with Crippen LogP contribution in [0.15, 0.2) is 38.9 Å². The zero-order valence-corrected chi connectivity index (χ0v) is 20.2. The van der Waals surface area contributed by atoms with Gasteiger partial charge in [0.25, 0.3) is 5.56 Å². The summed E-state index contributed by atoms with van der Waals surface area (Å²) in [5.74, 6) is 0.255. The molecule has 0 aliphatic heterocycles. The zero-order chi connectivity index (χ0) is 22.1. The molecule has 4 heterocycles. The lowest BCUT2D eigenvalue weighted by Gasteiger charge is -2.09. The summed E-state index contributed by atoms with van der Waals surface area (Å²) in [6.45, 7) is 5.26. The molecule has 4 aromatic rings. The van der Waals surface area contributed by atoms with Gasteiger partial charge in [-0.15, -0.1) is 22.7 Å². The Morgan fingerprint density at radius 1 is 1.29 bits per heavy atom. The minimum absolute atomic E-state index is 0.0292. The van der Waals surface area contributed by atoms with Crippen LogP contribution in [0.5, 0.6) is 0 Å². The third-order valence-corrected chi connectivity index (χ3v) is 8.09. The number of Topliss-reactive ketones (excluding diaryl/α,β-unsaturated/α-hetero) is 1. The summed E-state index contributed by atoms with van der Waals surface area (Å²) < 4.78 is 8.81. The van der Waals surface area contributed by atoms with Crippen LogP contribution in [0.4, 0.5) is 0 Å². The Bertz CT molecular complexity index is 1300. The molecule has 4 aromatic heterocycles. The molecule has 0 atom stereocenters. The number of hydrogen-bond acceptors (Lipinski definition) is 7. The number of fused-ring (bicyclic) bond motifs is 1. The molecule has 31 heavy (non-hydrogen) atoms. The fraction of sp³-hybridized carbons (Fsp3) is 0.318. The molecule has 0 fully saturated rings. The molecule has 0 spiro atoms. The third-order valence-electron chi connectivity index (χ3n) is 5.29. The van der Waals surface area contributed by atoms with Crippen LogP contribution >= 0.6 is 34.4 Å². The van der Waals surface area contributed by atoms with Crippen molar-refractivity contribution in [1.29, 1.82) is 0 Å². The summed E-state index contributed by atoms with van der Waals surface area (Å²) in [6, 6.07) is 5.91. The number of rotatable bonds is 8. The van der Waals surface area contributed by atoms with E-state index in [4.69, 9.17) is 9.72 Å². The second-order valence-corrected chi connectivity index (χ2v) is 9.95. The first kappa shape index (κ1) is 22.0. The first-order valence-electron chi connectivity index (χ1n) is 9.76. The Morgan fingerprint density at radius 2 is 2.10 bits per heavy atom. The molecule has 0 aromatic carbocycles. The van der Waals surface area contributed by atoms with Crippen molar-refractivity contribution in [3.05, 3.63) is 56.3 Å². The van der Waals surface area contributed by atoms with Crippen molar-refractivity contribution in [2.75, 3.05) is 19.5 Å². The van der Waals surface area contributed by atoms with Gasteiger partial charge in [-0.3, -0.25) is 14.2 Å². The predicted octanol–water partition coefficient (Wildman–Crippen LogP) is 4.76. The highest BCUT2D eigenvalue weighted by molar-refractivity contribution is 7.99.